The van der Waals surface area contributed by atoms with Gasteiger partial charge in [-0.3, -0.25) is 0 Å². The second kappa shape index (κ2) is 5.51. The Bertz CT molecular complexity index is 492. The molecule has 0 fully saturated rings. The standard InChI is InChI=1S/C15H17N.H2O/c1-11-12(2)15(16)9-8-14(11)10-13-6-4-3-5-7-13;/h3-9H,10,16H2,1-2H3;1H2. The molecule has 0 aromatic heterocycles. The smallest absolute Gasteiger partial charge is 0.0346 e. The second-order valence-electron chi connectivity index (χ2n) is 4.23. The third-order valence-electron chi connectivity index (χ3n) is 3.18. The highest BCUT2D eigenvalue weighted by atomic mass is 16.0. The van der Waals surface area contributed by atoms with Gasteiger partial charge < -0.3 is 11.2 Å². The number of hydrogen-bond acceptors (Lipinski definition) is 1. The van der Waals surface area contributed by atoms with E-state index < -0.39 is 0 Å². The molecule has 2 aromatic rings. The molecular formula is C15H19NO. The van der Waals surface area contributed by atoms with Crippen molar-refractivity contribution in [3.8, 4) is 0 Å². The molecule has 0 radical (unpaired) electrons. The molecule has 2 aromatic carbocycles. The molecule has 17 heavy (non-hydrogen) atoms. The fourth-order valence-corrected chi connectivity index (χ4v) is 1.90. The number of nitrogen functional groups attached to an aromatic ring is 1. The van der Waals surface area contributed by atoms with Gasteiger partial charge in [0.25, 0.3) is 0 Å². The van der Waals surface area contributed by atoms with Gasteiger partial charge in [-0.1, -0.05) is 36.4 Å². The normalized spacial score (nSPS) is 9.76. The lowest BCUT2D eigenvalue weighted by Gasteiger charge is -2.11. The molecule has 0 aliphatic rings. The van der Waals surface area contributed by atoms with Gasteiger partial charge in [0.15, 0.2) is 0 Å². The summed E-state index contributed by atoms with van der Waals surface area (Å²) in [7, 11) is 0. The predicted octanol–water partition coefficient (Wildman–Crippen LogP) is 2.65. The van der Waals surface area contributed by atoms with Crippen molar-refractivity contribution in [1.29, 1.82) is 0 Å². The number of nitrogens with two attached hydrogens (primary N) is 1. The van der Waals surface area contributed by atoms with Gasteiger partial charge in [0.05, 0.1) is 0 Å². The van der Waals surface area contributed by atoms with Crippen LogP contribution in [0.25, 0.3) is 0 Å². The molecule has 2 heteroatoms. The molecule has 90 valence electrons. The summed E-state index contributed by atoms with van der Waals surface area (Å²) in [5, 5.41) is 0. The van der Waals surface area contributed by atoms with E-state index in [4.69, 9.17) is 5.73 Å². The van der Waals surface area contributed by atoms with E-state index in [9.17, 15) is 0 Å². The summed E-state index contributed by atoms with van der Waals surface area (Å²) in [6.45, 7) is 4.23. The molecule has 0 bridgehead atoms. The first kappa shape index (κ1) is 13.3. The first-order valence-electron chi connectivity index (χ1n) is 5.57. The molecule has 4 N–H and O–H groups in total. The van der Waals surface area contributed by atoms with Crippen molar-refractivity contribution in [1.82, 2.24) is 0 Å². The highest BCUT2D eigenvalue weighted by Gasteiger charge is 2.04. The second-order valence-corrected chi connectivity index (χ2v) is 4.23. The Morgan fingerprint density at radius 1 is 0.882 bits per heavy atom. The maximum Gasteiger partial charge on any atom is 0.0346 e. The summed E-state index contributed by atoms with van der Waals surface area (Å²) in [6, 6.07) is 14.6. The molecule has 0 saturated carbocycles. The Labute approximate surface area is 102 Å². The van der Waals surface area contributed by atoms with Crippen LogP contribution in [0.2, 0.25) is 0 Å². The first-order chi connectivity index (χ1) is 7.68. The van der Waals surface area contributed by atoms with Gasteiger partial charge in [0.1, 0.15) is 0 Å². The maximum absolute atomic E-state index is 5.88. The average Bonchev–Trinajstić information content (AvgIpc) is 2.31. The van der Waals surface area contributed by atoms with E-state index in [1.807, 2.05) is 12.1 Å². The largest absolute Gasteiger partial charge is 0.412 e. The Balaban J connectivity index is 0.00000144. The van der Waals surface area contributed by atoms with Gasteiger partial charge >= 0.3 is 0 Å². The van der Waals surface area contributed by atoms with Crippen LogP contribution in [0.5, 0.6) is 0 Å². The molecule has 2 rings (SSSR count). The molecule has 0 spiro atoms. The van der Waals surface area contributed by atoms with Crippen LogP contribution in [0.15, 0.2) is 42.5 Å². The zero-order valence-corrected chi connectivity index (χ0v) is 10.3. The van der Waals surface area contributed by atoms with Crippen LogP contribution in [0.4, 0.5) is 5.69 Å². The van der Waals surface area contributed by atoms with Crippen LogP contribution in [0, 0.1) is 13.8 Å². The summed E-state index contributed by atoms with van der Waals surface area (Å²) in [6.07, 6.45) is 0.980. The van der Waals surface area contributed by atoms with E-state index in [-0.39, 0.29) is 5.48 Å². The van der Waals surface area contributed by atoms with Crippen LogP contribution in [-0.2, 0) is 6.42 Å². The van der Waals surface area contributed by atoms with Crippen LogP contribution in [0.1, 0.15) is 22.3 Å². The molecule has 0 unspecified atom stereocenters. The minimum Gasteiger partial charge on any atom is -0.412 e. The van der Waals surface area contributed by atoms with Crippen molar-refractivity contribution in [3.63, 3.8) is 0 Å². The minimum absolute atomic E-state index is 0. The van der Waals surface area contributed by atoms with E-state index in [1.54, 1.807) is 0 Å². The van der Waals surface area contributed by atoms with Gasteiger partial charge in [-0.25, -0.2) is 0 Å². The fraction of sp³-hybridized carbons (Fsp3) is 0.200. The Hall–Kier alpha value is -1.80. The van der Waals surface area contributed by atoms with Crippen LogP contribution in [0.3, 0.4) is 0 Å². The zero-order valence-electron chi connectivity index (χ0n) is 10.3. The molecule has 0 amide bonds. The molecule has 0 aliphatic carbocycles. The lowest BCUT2D eigenvalue weighted by Crippen LogP contribution is -1.98. The lowest BCUT2D eigenvalue weighted by atomic mass is 9.96. The molecular weight excluding hydrogens is 210 g/mol. The quantitative estimate of drug-likeness (QED) is 0.791. The van der Waals surface area contributed by atoms with Crippen molar-refractivity contribution in [2.75, 3.05) is 5.73 Å². The van der Waals surface area contributed by atoms with Gasteiger partial charge in [0, 0.05) is 5.69 Å². The molecule has 2 nitrogen and oxygen atoms in total. The number of anilines is 1. The van der Waals surface area contributed by atoms with E-state index in [0.717, 1.165) is 12.1 Å². The molecule has 0 atom stereocenters. The van der Waals surface area contributed by atoms with Gasteiger partial charge in [-0.2, -0.15) is 0 Å². The van der Waals surface area contributed by atoms with Crippen molar-refractivity contribution >= 4 is 5.69 Å². The van der Waals surface area contributed by atoms with Gasteiger partial charge in [-0.05, 0) is 48.6 Å². The highest BCUT2D eigenvalue weighted by Crippen LogP contribution is 2.21. The van der Waals surface area contributed by atoms with Crippen LogP contribution >= 0.6 is 0 Å². The highest BCUT2D eigenvalue weighted by molar-refractivity contribution is 5.53. The van der Waals surface area contributed by atoms with Gasteiger partial charge in [-0.15, -0.1) is 0 Å². The predicted molar refractivity (Wildman–Crippen MR) is 73.2 cm³/mol. The first-order valence-corrected chi connectivity index (χ1v) is 5.57. The third-order valence-corrected chi connectivity index (χ3v) is 3.18. The summed E-state index contributed by atoms with van der Waals surface area (Å²) in [5.74, 6) is 0. The van der Waals surface area contributed by atoms with Crippen LogP contribution < -0.4 is 5.73 Å². The third kappa shape index (κ3) is 2.86. The molecule has 0 saturated heterocycles. The Morgan fingerprint density at radius 2 is 1.53 bits per heavy atom. The summed E-state index contributed by atoms with van der Waals surface area (Å²) < 4.78 is 0. The van der Waals surface area contributed by atoms with E-state index in [2.05, 4.69) is 44.2 Å². The fourth-order valence-electron chi connectivity index (χ4n) is 1.90. The van der Waals surface area contributed by atoms with E-state index >= 15 is 0 Å². The topological polar surface area (TPSA) is 57.5 Å². The number of benzene rings is 2. The summed E-state index contributed by atoms with van der Waals surface area (Å²) in [4.78, 5) is 0. The Morgan fingerprint density at radius 3 is 2.18 bits per heavy atom. The summed E-state index contributed by atoms with van der Waals surface area (Å²) in [5.41, 5.74) is 12.0. The summed E-state index contributed by atoms with van der Waals surface area (Å²) >= 11 is 0. The monoisotopic (exact) mass is 229 g/mol. The van der Waals surface area contributed by atoms with E-state index in [1.165, 1.54) is 22.3 Å². The molecule has 0 aliphatic heterocycles. The van der Waals surface area contributed by atoms with Gasteiger partial charge in [0.2, 0.25) is 0 Å². The van der Waals surface area contributed by atoms with E-state index in [0.29, 0.717) is 0 Å². The number of rotatable bonds is 2. The zero-order chi connectivity index (χ0) is 11.5. The van der Waals surface area contributed by atoms with Crippen molar-refractivity contribution < 1.29 is 5.48 Å². The SMILES string of the molecule is Cc1c(N)ccc(Cc2ccccc2)c1C.O. The van der Waals surface area contributed by atoms with Crippen molar-refractivity contribution in [2.24, 2.45) is 0 Å². The minimum atomic E-state index is 0. The Kier molecular flexibility index (Phi) is 4.30. The maximum atomic E-state index is 5.88. The van der Waals surface area contributed by atoms with Crippen LogP contribution in [-0.4, -0.2) is 5.48 Å². The average molecular weight is 229 g/mol. The number of hydrogen-bond donors (Lipinski definition) is 1. The van der Waals surface area contributed by atoms with Crippen molar-refractivity contribution in [3.05, 3.63) is 64.7 Å². The lowest BCUT2D eigenvalue weighted by molar-refractivity contribution is 0.824. The molecule has 0 heterocycles. The van der Waals surface area contributed by atoms with Crippen molar-refractivity contribution in [2.45, 2.75) is 20.3 Å².